The molecule has 1 aliphatic heterocycles. The van der Waals surface area contributed by atoms with E-state index >= 15 is 0 Å². The van der Waals surface area contributed by atoms with E-state index in [9.17, 15) is 4.79 Å². The third-order valence-corrected chi connectivity index (χ3v) is 5.41. The molecule has 4 nitrogen and oxygen atoms in total. The molecule has 1 amide bonds. The van der Waals surface area contributed by atoms with Crippen LogP contribution >= 0.6 is 24.0 Å². The van der Waals surface area contributed by atoms with Gasteiger partial charge in [-0.2, -0.15) is 0 Å². The van der Waals surface area contributed by atoms with Crippen LogP contribution < -0.4 is 14.4 Å². The highest BCUT2D eigenvalue weighted by atomic mass is 32.2. The second kappa shape index (κ2) is 7.51. The van der Waals surface area contributed by atoms with E-state index in [2.05, 4.69) is 0 Å². The fraction of sp³-hybridized carbons (Fsp3) is 0.200. The van der Waals surface area contributed by atoms with Crippen molar-refractivity contribution in [1.29, 1.82) is 0 Å². The zero-order chi connectivity index (χ0) is 18.8. The Labute approximate surface area is 162 Å². The highest BCUT2D eigenvalue weighted by Gasteiger charge is 2.34. The first kappa shape index (κ1) is 18.5. The Hall–Kier alpha value is -2.31. The summed E-state index contributed by atoms with van der Waals surface area (Å²) < 4.78 is 11.2. The molecule has 6 heteroatoms. The van der Waals surface area contributed by atoms with Gasteiger partial charge >= 0.3 is 0 Å². The molecule has 26 heavy (non-hydrogen) atoms. The van der Waals surface area contributed by atoms with E-state index in [1.54, 1.807) is 25.2 Å². The summed E-state index contributed by atoms with van der Waals surface area (Å²) in [6, 6.07) is 11.4. The molecular formula is C20H19NO3S2. The van der Waals surface area contributed by atoms with Crippen LogP contribution in [-0.4, -0.2) is 24.4 Å². The van der Waals surface area contributed by atoms with Crippen LogP contribution in [0.4, 0.5) is 5.69 Å². The van der Waals surface area contributed by atoms with Crippen molar-refractivity contribution in [2.24, 2.45) is 0 Å². The van der Waals surface area contributed by atoms with E-state index in [0.717, 1.165) is 22.4 Å². The van der Waals surface area contributed by atoms with Gasteiger partial charge in [0.05, 0.1) is 24.8 Å². The van der Waals surface area contributed by atoms with E-state index in [4.69, 9.17) is 21.7 Å². The number of aryl methyl sites for hydroxylation is 2. The first-order valence-corrected chi connectivity index (χ1v) is 9.24. The molecule has 1 saturated heterocycles. The van der Waals surface area contributed by atoms with E-state index in [1.807, 2.05) is 50.2 Å². The van der Waals surface area contributed by atoms with Gasteiger partial charge in [0.1, 0.15) is 11.5 Å². The number of hydrogen-bond acceptors (Lipinski definition) is 5. The Kier molecular flexibility index (Phi) is 5.34. The molecule has 2 aromatic carbocycles. The summed E-state index contributed by atoms with van der Waals surface area (Å²) in [5, 5.41) is 0. The number of carbonyl (C=O) groups excluding carboxylic acids is 1. The zero-order valence-corrected chi connectivity index (χ0v) is 16.7. The maximum atomic E-state index is 13.0. The number of ether oxygens (including phenoxy) is 2. The zero-order valence-electron chi connectivity index (χ0n) is 15.0. The van der Waals surface area contributed by atoms with E-state index in [-0.39, 0.29) is 5.91 Å². The molecule has 0 radical (unpaired) electrons. The second-order valence-electron chi connectivity index (χ2n) is 5.91. The van der Waals surface area contributed by atoms with Crippen LogP contribution in [0.15, 0.2) is 41.3 Å². The van der Waals surface area contributed by atoms with Crippen molar-refractivity contribution >= 4 is 46.0 Å². The average molecular weight is 386 g/mol. The quantitative estimate of drug-likeness (QED) is 0.562. The van der Waals surface area contributed by atoms with Crippen molar-refractivity contribution < 1.29 is 14.3 Å². The van der Waals surface area contributed by atoms with Gasteiger partial charge in [0, 0.05) is 5.56 Å². The summed E-state index contributed by atoms with van der Waals surface area (Å²) in [4.78, 5) is 15.1. The summed E-state index contributed by atoms with van der Waals surface area (Å²) in [5.74, 6) is 1.24. The van der Waals surface area contributed by atoms with Gasteiger partial charge in [0.25, 0.3) is 5.91 Å². The highest BCUT2D eigenvalue weighted by molar-refractivity contribution is 8.27. The van der Waals surface area contributed by atoms with Gasteiger partial charge in [-0.05, 0) is 49.8 Å². The maximum Gasteiger partial charge on any atom is 0.270 e. The van der Waals surface area contributed by atoms with Crippen molar-refractivity contribution in [3.63, 3.8) is 0 Å². The minimum absolute atomic E-state index is 0.128. The molecule has 0 aromatic heterocycles. The Morgan fingerprint density at radius 1 is 1.08 bits per heavy atom. The smallest absolute Gasteiger partial charge is 0.270 e. The SMILES string of the molecule is COc1ccc(OC)c(/C=C2\SC(=S)N(c3ccc(C)cc3C)C2=O)c1. The molecule has 0 aliphatic carbocycles. The van der Waals surface area contributed by atoms with Gasteiger partial charge in [-0.3, -0.25) is 9.69 Å². The molecule has 1 heterocycles. The third-order valence-electron chi connectivity index (χ3n) is 4.11. The first-order valence-electron chi connectivity index (χ1n) is 8.02. The second-order valence-corrected chi connectivity index (χ2v) is 7.59. The topological polar surface area (TPSA) is 38.8 Å². The summed E-state index contributed by atoms with van der Waals surface area (Å²) >= 11 is 6.76. The van der Waals surface area contributed by atoms with E-state index < -0.39 is 0 Å². The molecule has 0 N–H and O–H groups in total. The maximum absolute atomic E-state index is 13.0. The summed E-state index contributed by atoms with van der Waals surface area (Å²) in [5.41, 5.74) is 3.75. The number of hydrogen-bond donors (Lipinski definition) is 0. The molecule has 0 spiro atoms. The van der Waals surface area contributed by atoms with Crippen molar-refractivity contribution in [3.8, 4) is 11.5 Å². The fourth-order valence-electron chi connectivity index (χ4n) is 2.83. The van der Waals surface area contributed by atoms with Gasteiger partial charge in [-0.15, -0.1) is 0 Å². The molecule has 0 atom stereocenters. The molecule has 1 aliphatic rings. The summed E-state index contributed by atoms with van der Waals surface area (Å²) in [6.45, 7) is 4.01. The lowest BCUT2D eigenvalue weighted by atomic mass is 10.1. The summed E-state index contributed by atoms with van der Waals surface area (Å²) in [6.07, 6.45) is 1.80. The molecular weight excluding hydrogens is 366 g/mol. The van der Waals surface area contributed by atoms with Crippen LogP contribution in [-0.2, 0) is 4.79 Å². The van der Waals surface area contributed by atoms with Gasteiger partial charge < -0.3 is 9.47 Å². The molecule has 0 bridgehead atoms. The number of methoxy groups -OCH3 is 2. The Bertz CT molecular complexity index is 921. The molecule has 134 valence electrons. The largest absolute Gasteiger partial charge is 0.497 e. The Balaban J connectivity index is 2.00. The van der Waals surface area contributed by atoms with Crippen LogP contribution in [0.2, 0.25) is 0 Å². The van der Waals surface area contributed by atoms with Crippen molar-refractivity contribution in [3.05, 3.63) is 58.0 Å². The van der Waals surface area contributed by atoms with Crippen LogP contribution in [0.1, 0.15) is 16.7 Å². The lowest BCUT2D eigenvalue weighted by Crippen LogP contribution is -2.28. The number of amides is 1. The van der Waals surface area contributed by atoms with Crippen LogP contribution in [0.5, 0.6) is 11.5 Å². The predicted octanol–water partition coefficient (Wildman–Crippen LogP) is 4.73. The molecule has 3 rings (SSSR count). The van der Waals surface area contributed by atoms with E-state index in [1.165, 1.54) is 11.8 Å². The normalized spacial score (nSPS) is 15.7. The fourth-order valence-corrected chi connectivity index (χ4v) is 4.10. The number of nitrogens with zero attached hydrogens (tertiary/aromatic N) is 1. The molecule has 2 aromatic rings. The van der Waals surface area contributed by atoms with Crippen LogP contribution in [0.25, 0.3) is 6.08 Å². The first-order chi connectivity index (χ1) is 12.4. The van der Waals surface area contributed by atoms with Gasteiger partial charge in [0.2, 0.25) is 0 Å². The lowest BCUT2D eigenvalue weighted by Gasteiger charge is -2.17. The minimum atomic E-state index is -0.128. The average Bonchev–Trinajstić information content (AvgIpc) is 2.89. The van der Waals surface area contributed by atoms with Crippen molar-refractivity contribution in [1.82, 2.24) is 0 Å². The highest BCUT2D eigenvalue weighted by Crippen LogP contribution is 2.38. The van der Waals surface area contributed by atoms with Crippen molar-refractivity contribution in [2.45, 2.75) is 13.8 Å². The number of rotatable bonds is 4. The number of carbonyl (C=O) groups is 1. The van der Waals surface area contributed by atoms with Gasteiger partial charge in [0.15, 0.2) is 4.32 Å². The number of benzene rings is 2. The van der Waals surface area contributed by atoms with Gasteiger partial charge in [-0.1, -0.05) is 41.7 Å². The standard InChI is InChI=1S/C20H19NO3S2/c1-12-5-7-16(13(2)9-12)21-19(22)18(26-20(21)25)11-14-10-15(23-3)6-8-17(14)24-4/h5-11H,1-4H3/b18-11-. The molecule has 0 saturated carbocycles. The summed E-state index contributed by atoms with van der Waals surface area (Å²) in [7, 11) is 3.20. The van der Waals surface area contributed by atoms with Crippen LogP contribution in [0, 0.1) is 13.8 Å². The van der Waals surface area contributed by atoms with Crippen molar-refractivity contribution in [2.75, 3.05) is 19.1 Å². The Morgan fingerprint density at radius 2 is 1.85 bits per heavy atom. The van der Waals surface area contributed by atoms with Crippen LogP contribution in [0.3, 0.4) is 0 Å². The molecule has 0 unspecified atom stereocenters. The van der Waals surface area contributed by atoms with E-state index in [0.29, 0.717) is 20.7 Å². The van der Waals surface area contributed by atoms with Gasteiger partial charge in [-0.25, -0.2) is 0 Å². The predicted molar refractivity (Wildman–Crippen MR) is 111 cm³/mol. The minimum Gasteiger partial charge on any atom is -0.497 e. The molecule has 1 fully saturated rings. The number of thiocarbonyl (C=S) groups is 1. The lowest BCUT2D eigenvalue weighted by molar-refractivity contribution is -0.113. The monoisotopic (exact) mass is 385 g/mol. The number of anilines is 1. The third kappa shape index (κ3) is 3.48. The Morgan fingerprint density at radius 3 is 2.50 bits per heavy atom. The number of thioether (sulfide) groups is 1.